The third-order valence-corrected chi connectivity index (χ3v) is 4.31. The molecule has 1 N–H and O–H groups in total. The van der Waals surface area contributed by atoms with Crippen molar-refractivity contribution in [1.29, 1.82) is 0 Å². The summed E-state index contributed by atoms with van der Waals surface area (Å²) in [5.74, 6) is 0.117. The van der Waals surface area contributed by atoms with E-state index >= 15 is 0 Å². The first-order valence-corrected chi connectivity index (χ1v) is 8.60. The minimum atomic E-state index is -3.53. The van der Waals surface area contributed by atoms with E-state index in [-0.39, 0.29) is 12.0 Å². The Kier molecular flexibility index (Phi) is 5.46. The van der Waals surface area contributed by atoms with E-state index in [1.54, 1.807) is 18.5 Å². The third kappa shape index (κ3) is 5.09. The molecule has 0 aliphatic carbocycles. The van der Waals surface area contributed by atoms with Crippen LogP contribution < -0.4 is 4.72 Å². The lowest BCUT2D eigenvalue weighted by molar-refractivity contribution is 0.362. The van der Waals surface area contributed by atoms with Gasteiger partial charge in [0.25, 0.3) is 0 Å². The Bertz CT molecular complexity index is 694. The van der Waals surface area contributed by atoms with E-state index in [0.717, 1.165) is 5.56 Å². The van der Waals surface area contributed by atoms with Gasteiger partial charge in [0.2, 0.25) is 10.0 Å². The molecule has 2 rings (SSSR count). The Morgan fingerprint density at radius 1 is 1.18 bits per heavy atom. The molecule has 0 aliphatic rings. The second-order valence-corrected chi connectivity index (χ2v) is 6.91. The quantitative estimate of drug-likeness (QED) is 0.845. The lowest BCUT2D eigenvalue weighted by atomic mass is 10.1. The fourth-order valence-electron chi connectivity index (χ4n) is 1.88. The van der Waals surface area contributed by atoms with Crippen molar-refractivity contribution in [3.05, 3.63) is 53.7 Å². The van der Waals surface area contributed by atoms with Gasteiger partial charge in [0.15, 0.2) is 0 Å². The summed E-state index contributed by atoms with van der Waals surface area (Å²) in [6.07, 6.45) is 4.72. The maximum atomic E-state index is 12.2. The lowest BCUT2D eigenvalue weighted by Crippen LogP contribution is -2.41. The molecule has 22 heavy (non-hydrogen) atoms. The van der Waals surface area contributed by atoms with Crippen molar-refractivity contribution in [1.82, 2.24) is 19.7 Å². The molecule has 1 aromatic carbocycles. The van der Waals surface area contributed by atoms with Crippen LogP contribution in [0.4, 0.5) is 0 Å². The average molecular weight is 320 g/mol. The predicted molar refractivity (Wildman–Crippen MR) is 86.2 cm³/mol. The van der Waals surface area contributed by atoms with Gasteiger partial charge in [-0.3, -0.25) is 0 Å². The highest BCUT2D eigenvalue weighted by atomic mass is 32.2. The number of hydrogen-bond acceptors (Lipinski definition) is 4. The SMILES string of the molecule is CC(C)[C@H](Cn1nccn1)NS(=O)(=O)/C=C/c1ccccc1. The van der Waals surface area contributed by atoms with Crippen LogP contribution in [0, 0.1) is 5.92 Å². The molecule has 1 atom stereocenters. The summed E-state index contributed by atoms with van der Waals surface area (Å²) in [6.45, 7) is 4.30. The molecule has 0 saturated carbocycles. The Balaban J connectivity index is 2.06. The van der Waals surface area contributed by atoms with Crippen LogP contribution in [0.2, 0.25) is 0 Å². The summed E-state index contributed by atoms with van der Waals surface area (Å²) in [7, 11) is -3.53. The van der Waals surface area contributed by atoms with Crippen LogP contribution in [0.25, 0.3) is 6.08 Å². The third-order valence-electron chi connectivity index (χ3n) is 3.19. The van der Waals surface area contributed by atoms with Crippen LogP contribution in [0.3, 0.4) is 0 Å². The smallest absolute Gasteiger partial charge is 0.208 e. The zero-order valence-electron chi connectivity index (χ0n) is 12.6. The molecule has 2 aromatic rings. The molecule has 0 amide bonds. The normalized spacial score (nSPS) is 13.8. The van der Waals surface area contributed by atoms with Gasteiger partial charge in [0, 0.05) is 11.4 Å². The molecule has 1 aromatic heterocycles. The Morgan fingerprint density at radius 2 is 1.82 bits per heavy atom. The van der Waals surface area contributed by atoms with E-state index in [4.69, 9.17) is 0 Å². The van der Waals surface area contributed by atoms with Crippen LogP contribution in [0.1, 0.15) is 19.4 Å². The van der Waals surface area contributed by atoms with E-state index in [9.17, 15) is 8.42 Å². The molecule has 7 heteroatoms. The van der Waals surface area contributed by atoms with Crippen molar-refractivity contribution >= 4 is 16.1 Å². The number of nitrogens with one attached hydrogen (secondary N) is 1. The number of benzene rings is 1. The van der Waals surface area contributed by atoms with Gasteiger partial charge < -0.3 is 0 Å². The second kappa shape index (κ2) is 7.33. The molecule has 0 bridgehead atoms. The van der Waals surface area contributed by atoms with Crippen molar-refractivity contribution in [2.45, 2.75) is 26.4 Å². The van der Waals surface area contributed by atoms with Crippen molar-refractivity contribution < 1.29 is 8.42 Å². The van der Waals surface area contributed by atoms with E-state index in [1.807, 2.05) is 44.2 Å². The fraction of sp³-hybridized carbons (Fsp3) is 0.333. The van der Waals surface area contributed by atoms with Crippen LogP contribution in [0.5, 0.6) is 0 Å². The number of hydrogen-bond donors (Lipinski definition) is 1. The maximum Gasteiger partial charge on any atom is 0.234 e. The molecule has 0 saturated heterocycles. The first kappa shape index (κ1) is 16.4. The van der Waals surface area contributed by atoms with Gasteiger partial charge in [-0.25, -0.2) is 13.1 Å². The summed E-state index contributed by atoms with van der Waals surface area (Å²) in [6, 6.07) is 9.02. The molecule has 6 nitrogen and oxygen atoms in total. The zero-order chi connectivity index (χ0) is 16.0. The lowest BCUT2D eigenvalue weighted by Gasteiger charge is -2.20. The van der Waals surface area contributed by atoms with Crippen molar-refractivity contribution in [2.24, 2.45) is 5.92 Å². The van der Waals surface area contributed by atoms with Crippen LogP contribution in [-0.2, 0) is 16.6 Å². The molecule has 0 unspecified atom stereocenters. The Hall–Kier alpha value is -1.99. The summed E-state index contributed by atoms with van der Waals surface area (Å²) in [5, 5.41) is 9.22. The first-order valence-electron chi connectivity index (χ1n) is 7.06. The minimum absolute atomic E-state index is 0.117. The number of aromatic nitrogens is 3. The van der Waals surface area contributed by atoms with Gasteiger partial charge in [0.1, 0.15) is 0 Å². The summed E-state index contributed by atoms with van der Waals surface area (Å²) in [4.78, 5) is 1.48. The van der Waals surface area contributed by atoms with Gasteiger partial charge in [-0.1, -0.05) is 44.2 Å². The standard InChI is InChI=1S/C15H20N4O2S/c1-13(2)15(12-19-16-9-10-17-19)18-22(20,21)11-8-14-6-4-3-5-7-14/h3-11,13,15,18H,12H2,1-2H3/b11-8+/t15-/m0/s1. The van der Waals surface area contributed by atoms with E-state index in [0.29, 0.717) is 6.54 Å². The van der Waals surface area contributed by atoms with E-state index in [2.05, 4.69) is 14.9 Å². The van der Waals surface area contributed by atoms with Gasteiger partial charge in [-0.15, -0.1) is 0 Å². The van der Waals surface area contributed by atoms with Crippen LogP contribution in [0.15, 0.2) is 48.1 Å². The van der Waals surface area contributed by atoms with Crippen LogP contribution in [-0.4, -0.2) is 29.5 Å². The maximum absolute atomic E-state index is 12.2. The topological polar surface area (TPSA) is 76.9 Å². The molecule has 0 fully saturated rings. The molecule has 0 radical (unpaired) electrons. The van der Waals surface area contributed by atoms with Gasteiger partial charge in [-0.2, -0.15) is 15.0 Å². The highest BCUT2D eigenvalue weighted by Crippen LogP contribution is 2.08. The fourth-order valence-corrected chi connectivity index (χ4v) is 3.06. The minimum Gasteiger partial charge on any atom is -0.208 e. The monoisotopic (exact) mass is 320 g/mol. The molecule has 118 valence electrons. The average Bonchev–Trinajstić information content (AvgIpc) is 2.98. The zero-order valence-corrected chi connectivity index (χ0v) is 13.4. The highest BCUT2D eigenvalue weighted by molar-refractivity contribution is 7.92. The van der Waals surface area contributed by atoms with Crippen LogP contribution >= 0.6 is 0 Å². The second-order valence-electron chi connectivity index (χ2n) is 5.31. The number of rotatable bonds is 7. The van der Waals surface area contributed by atoms with Gasteiger partial charge in [0.05, 0.1) is 18.9 Å². The Morgan fingerprint density at radius 3 is 2.41 bits per heavy atom. The van der Waals surface area contributed by atoms with Crippen molar-refractivity contribution in [2.75, 3.05) is 0 Å². The van der Waals surface area contributed by atoms with Gasteiger partial charge in [-0.05, 0) is 17.6 Å². The molecule has 0 spiro atoms. The number of nitrogens with zero attached hydrogens (tertiary/aromatic N) is 3. The van der Waals surface area contributed by atoms with E-state index < -0.39 is 10.0 Å². The molecule has 0 aliphatic heterocycles. The largest absolute Gasteiger partial charge is 0.234 e. The van der Waals surface area contributed by atoms with Crippen molar-refractivity contribution in [3.63, 3.8) is 0 Å². The summed E-state index contributed by atoms with van der Waals surface area (Å²) >= 11 is 0. The van der Waals surface area contributed by atoms with Gasteiger partial charge >= 0.3 is 0 Å². The van der Waals surface area contributed by atoms with Crippen molar-refractivity contribution in [3.8, 4) is 0 Å². The Labute approximate surface area is 130 Å². The summed E-state index contributed by atoms with van der Waals surface area (Å²) in [5.41, 5.74) is 0.836. The molecule has 1 heterocycles. The highest BCUT2D eigenvalue weighted by Gasteiger charge is 2.20. The molecular weight excluding hydrogens is 300 g/mol. The molecular formula is C15H20N4O2S. The van der Waals surface area contributed by atoms with E-state index in [1.165, 1.54) is 10.2 Å². The number of sulfonamides is 1. The first-order chi connectivity index (χ1) is 10.5. The predicted octanol–water partition coefficient (Wildman–Crippen LogP) is 1.89. The summed E-state index contributed by atoms with van der Waals surface area (Å²) < 4.78 is 27.1.